The molecular weight excluding hydrogens is 333 g/mol. The summed E-state index contributed by atoms with van der Waals surface area (Å²) in [6.07, 6.45) is -4.24. The minimum atomic E-state index is -4.42. The number of hydrogen-bond donors (Lipinski definition) is 2. The summed E-state index contributed by atoms with van der Waals surface area (Å²) in [4.78, 5) is 13.3. The first-order valence-corrected chi connectivity index (χ1v) is 7.74. The second-order valence-electron chi connectivity index (χ2n) is 6.19. The lowest BCUT2D eigenvalue weighted by atomic mass is 9.92. The number of nitrogens with two attached hydrogens (primary N) is 1. The van der Waals surface area contributed by atoms with Crippen LogP contribution in [0, 0.1) is 0 Å². The first-order valence-electron chi connectivity index (χ1n) is 7.74. The highest BCUT2D eigenvalue weighted by atomic mass is 19.4. The van der Waals surface area contributed by atoms with Crippen LogP contribution >= 0.6 is 0 Å². The minimum Gasteiger partial charge on any atom is -0.480 e. The van der Waals surface area contributed by atoms with Crippen LogP contribution in [0.1, 0.15) is 22.3 Å². The molecule has 0 unspecified atom stereocenters. The Morgan fingerprint density at radius 2 is 1.84 bits per heavy atom. The zero-order valence-electron chi connectivity index (χ0n) is 13.3. The van der Waals surface area contributed by atoms with Crippen LogP contribution in [0.2, 0.25) is 0 Å². The number of nitrogen functional groups attached to an aromatic ring is 1. The molecule has 4 nitrogen and oxygen atoms in total. The molecule has 0 amide bonds. The summed E-state index contributed by atoms with van der Waals surface area (Å²) in [6, 6.07) is 9.73. The number of carboxylic acids is 1. The van der Waals surface area contributed by atoms with Gasteiger partial charge < -0.3 is 10.8 Å². The Morgan fingerprint density at radius 3 is 2.44 bits per heavy atom. The molecule has 0 radical (unpaired) electrons. The second-order valence-corrected chi connectivity index (χ2v) is 6.19. The maximum Gasteiger partial charge on any atom is 0.416 e. The molecule has 1 aliphatic rings. The molecule has 1 atom stereocenters. The van der Waals surface area contributed by atoms with E-state index in [1.165, 1.54) is 6.07 Å². The van der Waals surface area contributed by atoms with Gasteiger partial charge in [0.25, 0.3) is 0 Å². The summed E-state index contributed by atoms with van der Waals surface area (Å²) in [6.45, 7) is 0.480. The van der Waals surface area contributed by atoms with E-state index in [0.717, 1.165) is 17.7 Å². The number of nitrogens with zero attached hydrogens (tertiary/aromatic N) is 1. The molecule has 0 aliphatic carbocycles. The van der Waals surface area contributed by atoms with E-state index in [0.29, 0.717) is 23.4 Å². The van der Waals surface area contributed by atoms with Gasteiger partial charge in [-0.3, -0.25) is 9.69 Å². The van der Waals surface area contributed by atoms with Gasteiger partial charge in [-0.25, -0.2) is 0 Å². The minimum absolute atomic E-state index is 0.153. The van der Waals surface area contributed by atoms with Crippen LogP contribution in [0.25, 0.3) is 0 Å². The second kappa shape index (κ2) is 6.40. The summed E-state index contributed by atoms with van der Waals surface area (Å²) in [5.41, 5.74) is 7.54. The van der Waals surface area contributed by atoms with Crippen molar-refractivity contribution in [1.82, 2.24) is 4.90 Å². The van der Waals surface area contributed by atoms with Gasteiger partial charge in [0.05, 0.1) is 5.56 Å². The lowest BCUT2D eigenvalue weighted by molar-refractivity contribution is -0.144. The van der Waals surface area contributed by atoms with E-state index in [2.05, 4.69) is 0 Å². The van der Waals surface area contributed by atoms with Gasteiger partial charge in [0.15, 0.2) is 0 Å². The quantitative estimate of drug-likeness (QED) is 0.834. The lowest BCUT2D eigenvalue weighted by Gasteiger charge is -2.34. The number of benzene rings is 2. The number of carboxylic acid groups (broad SMARTS) is 1. The Labute approximate surface area is 142 Å². The van der Waals surface area contributed by atoms with Crippen LogP contribution in [-0.4, -0.2) is 22.0 Å². The van der Waals surface area contributed by atoms with Crippen LogP contribution in [0.5, 0.6) is 0 Å². The smallest absolute Gasteiger partial charge is 0.416 e. The zero-order valence-corrected chi connectivity index (χ0v) is 13.3. The first kappa shape index (κ1) is 17.3. The zero-order chi connectivity index (χ0) is 18.2. The van der Waals surface area contributed by atoms with Crippen molar-refractivity contribution in [3.63, 3.8) is 0 Å². The van der Waals surface area contributed by atoms with E-state index < -0.39 is 23.8 Å². The standard InChI is InChI=1S/C18H17F3N2O2/c19-18(20,21)14-4-3-12-8-16(17(24)25)23(10-13(12)7-14)9-11-1-5-15(22)6-2-11/h1-7,16H,8-10,22H2,(H,24,25)/t16-/m1/s1. The average molecular weight is 350 g/mol. The number of aliphatic carboxylic acids is 1. The van der Waals surface area contributed by atoms with Crippen LogP contribution < -0.4 is 5.73 Å². The van der Waals surface area contributed by atoms with Crippen molar-refractivity contribution in [2.75, 3.05) is 5.73 Å². The molecule has 25 heavy (non-hydrogen) atoms. The predicted molar refractivity (Wildman–Crippen MR) is 86.7 cm³/mol. The van der Waals surface area contributed by atoms with Crippen molar-refractivity contribution in [2.24, 2.45) is 0 Å². The van der Waals surface area contributed by atoms with Crippen LogP contribution in [0.3, 0.4) is 0 Å². The summed E-state index contributed by atoms with van der Waals surface area (Å²) >= 11 is 0. The summed E-state index contributed by atoms with van der Waals surface area (Å²) in [7, 11) is 0. The van der Waals surface area contributed by atoms with Crippen LogP contribution in [0.4, 0.5) is 18.9 Å². The molecule has 7 heteroatoms. The lowest BCUT2D eigenvalue weighted by Crippen LogP contribution is -2.45. The number of fused-ring (bicyclic) bond motifs is 1. The number of carbonyl (C=O) groups is 1. The molecule has 0 fully saturated rings. The van der Waals surface area contributed by atoms with Crippen LogP contribution in [0.15, 0.2) is 42.5 Å². The Hall–Kier alpha value is -2.54. The summed E-state index contributed by atoms with van der Waals surface area (Å²) in [5, 5.41) is 9.50. The fourth-order valence-corrected chi connectivity index (χ4v) is 3.08. The number of alkyl halides is 3. The molecule has 0 bridgehead atoms. The molecule has 0 aromatic heterocycles. The van der Waals surface area contributed by atoms with E-state index in [1.807, 2.05) is 0 Å². The molecule has 1 heterocycles. The molecule has 3 rings (SSSR count). The average Bonchev–Trinajstić information content (AvgIpc) is 2.54. The first-order chi connectivity index (χ1) is 11.7. The van der Waals surface area contributed by atoms with Gasteiger partial charge in [-0.15, -0.1) is 0 Å². The van der Waals surface area contributed by atoms with E-state index in [9.17, 15) is 23.1 Å². The van der Waals surface area contributed by atoms with Gasteiger partial charge in [0.2, 0.25) is 0 Å². The van der Waals surface area contributed by atoms with Crippen molar-refractivity contribution < 1.29 is 23.1 Å². The van der Waals surface area contributed by atoms with Gasteiger partial charge in [0, 0.05) is 18.8 Å². The van der Waals surface area contributed by atoms with Crippen molar-refractivity contribution >= 4 is 11.7 Å². The largest absolute Gasteiger partial charge is 0.480 e. The molecule has 2 aromatic carbocycles. The van der Waals surface area contributed by atoms with Crippen molar-refractivity contribution in [2.45, 2.75) is 31.7 Å². The third-order valence-electron chi connectivity index (χ3n) is 4.41. The van der Waals surface area contributed by atoms with Crippen molar-refractivity contribution in [1.29, 1.82) is 0 Å². The van der Waals surface area contributed by atoms with Gasteiger partial charge in [-0.05, 0) is 47.4 Å². The monoisotopic (exact) mass is 350 g/mol. The Balaban J connectivity index is 1.90. The topological polar surface area (TPSA) is 66.6 Å². The molecule has 132 valence electrons. The SMILES string of the molecule is Nc1ccc(CN2Cc3cc(C(F)(F)F)ccc3C[C@@H]2C(=O)O)cc1. The maximum atomic E-state index is 12.9. The summed E-state index contributed by atoms with van der Waals surface area (Å²) in [5.74, 6) is -0.985. The maximum absolute atomic E-state index is 12.9. The predicted octanol–water partition coefficient (Wildman–Crippen LogP) is 3.30. The van der Waals surface area contributed by atoms with Gasteiger partial charge in [-0.1, -0.05) is 18.2 Å². The molecule has 0 spiro atoms. The normalized spacial score (nSPS) is 18.0. The third kappa shape index (κ3) is 3.76. The number of hydrogen-bond acceptors (Lipinski definition) is 3. The van der Waals surface area contributed by atoms with Gasteiger partial charge in [-0.2, -0.15) is 13.2 Å². The Morgan fingerprint density at radius 1 is 1.16 bits per heavy atom. The molecule has 3 N–H and O–H groups in total. The summed E-state index contributed by atoms with van der Waals surface area (Å²) < 4.78 is 38.8. The molecule has 0 saturated heterocycles. The number of anilines is 1. The highest BCUT2D eigenvalue weighted by Crippen LogP contribution is 2.33. The van der Waals surface area contributed by atoms with Crippen molar-refractivity contribution in [3.05, 3.63) is 64.7 Å². The van der Waals surface area contributed by atoms with E-state index >= 15 is 0 Å². The Bertz CT molecular complexity index is 788. The van der Waals surface area contributed by atoms with E-state index in [4.69, 9.17) is 5.73 Å². The fraction of sp³-hybridized carbons (Fsp3) is 0.278. The van der Waals surface area contributed by atoms with Crippen LogP contribution in [-0.2, 0) is 30.5 Å². The van der Waals surface area contributed by atoms with Gasteiger partial charge in [0.1, 0.15) is 6.04 Å². The molecule has 2 aromatic rings. The number of rotatable bonds is 3. The molecular formula is C18H17F3N2O2. The van der Waals surface area contributed by atoms with Crippen molar-refractivity contribution in [3.8, 4) is 0 Å². The highest BCUT2D eigenvalue weighted by Gasteiger charge is 2.35. The van der Waals surface area contributed by atoms with Gasteiger partial charge >= 0.3 is 12.1 Å². The Kier molecular flexibility index (Phi) is 4.43. The van der Waals surface area contributed by atoms with E-state index in [-0.39, 0.29) is 13.0 Å². The highest BCUT2D eigenvalue weighted by molar-refractivity contribution is 5.74. The third-order valence-corrected chi connectivity index (χ3v) is 4.41. The fourth-order valence-electron chi connectivity index (χ4n) is 3.08. The van der Waals surface area contributed by atoms with E-state index in [1.54, 1.807) is 29.2 Å². The molecule has 1 aliphatic heterocycles. The number of halogens is 3. The molecule has 0 saturated carbocycles.